The summed E-state index contributed by atoms with van der Waals surface area (Å²) in [5.74, 6) is 0.359. The number of rotatable bonds is 3. The van der Waals surface area contributed by atoms with Gasteiger partial charge in [0, 0.05) is 13.1 Å². The van der Waals surface area contributed by atoms with E-state index in [0.29, 0.717) is 16.7 Å². The fraction of sp³-hybridized carbons (Fsp3) is 0.235. The Hall–Kier alpha value is -2.88. The van der Waals surface area contributed by atoms with Gasteiger partial charge in [-0.05, 0) is 29.8 Å². The molecule has 138 valence electrons. The number of nitrogens with zero attached hydrogens (tertiary/aromatic N) is 6. The monoisotopic (exact) mass is 431 g/mol. The van der Waals surface area contributed by atoms with E-state index in [9.17, 15) is 4.39 Å². The first-order chi connectivity index (χ1) is 12.9. The minimum atomic E-state index is -0.558. The first-order valence-electron chi connectivity index (χ1n) is 8.08. The quantitative estimate of drug-likeness (QED) is 0.530. The van der Waals surface area contributed by atoms with E-state index in [-0.39, 0.29) is 16.0 Å². The largest absolute Gasteiger partial charge is 0.482 e. The van der Waals surface area contributed by atoms with E-state index < -0.39 is 11.9 Å². The molecule has 2 N–H and O–H groups in total. The van der Waals surface area contributed by atoms with Crippen molar-refractivity contribution in [2.24, 2.45) is 7.05 Å². The summed E-state index contributed by atoms with van der Waals surface area (Å²) in [6.45, 7) is 3.65. The molecule has 0 aliphatic carbocycles. The third-order valence-corrected chi connectivity index (χ3v) is 5.00. The van der Waals surface area contributed by atoms with E-state index in [1.165, 1.54) is 12.4 Å². The molecule has 0 radical (unpaired) electrons. The second kappa shape index (κ2) is 6.38. The number of ether oxygens (including phenoxy) is 1. The van der Waals surface area contributed by atoms with Crippen molar-refractivity contribution in [2.45, 2.75) is 20.0 Å². The maximum absolute atomic E-state index is 14.3. The smallest absolute Gasteiger partial charge is 0.169 e. The number of benzene rings is 1. The Kier molecular flexibility index (Phi) is 4.14. The zero-order valence-corrected chi connectivity index (χ0v) is 16.3. The van der Waals surface area contributed by atoms with Crippen LogP contribution in [0.1, 0.15) is 24.5 Å². The van der Waals surface area contributed by atoms with Crippen molar-refractivity contribution in [3.05, 3.63) is 40.4 Å². The van der Waals surface area contributed by atoms with E-state index >= 15 is 0 Å². The predicted octanol–water partition coefficient (Wildman–Crippen LogP) is 3.24. The lowest BCUT2D eigenvalue weighted by molar-refractivity contribution is 0.219. The highest BCUT2D eigenvalue weighted by Crippen LogP contribution is 2.37. The van der Waals surface area contributed by atoms with Crippen LogP contribution in [-0.2, 0) is 7.05 Å². The normalized spacial score (nSPS) is 12.6. The lowest BCUT2D eigenvalue weighted by atomic mass is 10.2. The molecule has 0 aliphatic rings. The molecule has 0 saturated heterocycles. The number of aromatic nitrogens is 6. The summed E-state index contributed by atoms with van der Waals surface area (Å²) in [6, 6.07) is 1.25. The van der Waals surface area contributed by atoms with Gasteiger partial charge in [-0.1, -0.05) is 0 Å². The Bertz CT molecular complexity index is 1190. The molecule has 0 saturated carbocycles. The number of hydrogen-bond donors (Lipinski definition) is 1. The highest BCUT2D eigenvalue weighted by Gasteiger charge is 2.20. The molecule has 3 aromatic heterocycles. The molecule has 3 heterocycles. The number of nitrogens with two attached hydrogens (primary N) is 1. The third kappa shape index (κ3) is 2.85. The molecule has 1 unspecified atom stereocenters. The minimum absolute atomic E-state index is 0.197. The molecular weight excluding hydrogens is 417 g/mol. The van der Waals surface area contributed by atoms with Crippen LogP contribution in [-0.4, -0.2) is 29.7 Å². The summed E-state index contributed by atoms with van der Waals surface area (Å²) in [7, 11) is 1.83. The molecular formula is C17H15BrFN7O. The van der Waals surface area contributed by atoms with Gasteiger partial charge in [-0.3, -0.25) is 4.68 Å². The number of aryl methyl sites for hydroxylation is 2. The van der Waals surface area contributed by atoms with Gasteiger partial charge >= 0.3 is 0 Å². The van der Waals surface area contributed by atoms with Crippen molar-refractivity contribution >= 4 is 43.7 Å². The van der Waals surface area contributed by atoms with Gasteiger partial charge in [0.25, 0.3) is 0 Å². The number of anilines is 1. The average molecular weight is 432 g/mol. The van der Waals surface area contributed by atoms with E-state index in [0.717, 1.165) is 16.7 Å². The summed E-state index contributed by atoms with van der Waals surface area (Å²) in [5.41, 5.74) is 8.66. The summed E-state index contributed by atoms with van der Waals surface area (Å²) in [4.78, 5) is 17.0. The SMILES string of the molecule is Cc1nn(C)c2cnc(C(C)Oc3cc(F)c(Br)c4ncnc(N)c34)nc12. The van der Waals surface area contributed by atoms with Gasteiger partial charge in [-0.25, -0.2) is 24.3 Å². The van der Waals surface area contributed by atoms with Crippen molar-refractivity contribution in [3.63, 3.8) is 0 Å². The van der Waals surface area contributed by atoms with Crippen molar-refractivity contribution in [3.8, 4) is 5.75 Å². The van der Waals surface area contributed by atoms with Crippen LogP contribution in [0.3, 0.4) is 0 Å². The van der Waals surface area contributed by atoms with Crippen molar-refractivity contribution in [2.75, 3.05) is 5.73 Å². The van der Waals surface area contributed by atoms with Crippen molar-refractivity contribution in [1.29, 1.82) is 0 Å². The molecule has 0 fully saturated rings. The van der Waals surface area contributed by atoms with Crippen LogP contribution in [0, 0.1) is 12.7 Å². The maximum Gasteiger partial charge on any atom is 0.169 e. The molecule has 10 heteroatoms. The maximum atomic E-state index is 14.3. The Balaban J connectivity index is 1.78. The first kappa shape index (κ1) is 17.5. The summed E-state index contributed by atoms with van der Waals surface area (Å²) < 4.78 is 22.2. The molecule has 0 aliphatic heterocycles. The van der Waals surface area contributed by atoms with Crippen LogP contribution in [0.25, 0.3) is 21.9 Å². The Morgan fingerprint density at radius 1 is 1.26 bits per heavy atom. The number of fused-ring (bicyclic) bond motifs is 2. The fourth-order valence-electron chi connectivity index (χ4n) is 2.92. The van der Waals surface area contributed by atoms with Crippen LogP contribution in [0.2, 0.25) is 0 Å². The van der Waals surface area contributed by atoms with Gasteiger partial charge in [-0.2, -0.15) is 5.10 Å². The van der Waals surface area contributed by atoms with E-state index in [1.807, 2.05) is 14.0 Å². The molecule has 4 rings (SSSR count). The zero-order chi connectivity index (χ0) is 19.3. The number of hydrogen-bond acceptors (Lipinski definition) is 7. The highest BCUT2D eigenvalue weighted by atomic mass is 79.9. The summed E-state index contributed by atoms with van der Waals surface area (Å²) in [6.07, 6.45) is 2.41. The molecule has 0 amide bonds. The molecule has 8 nitrogen and oxygen atoms in total. The fourth-order valence-corrected chi connectivity index (χ4v) is 3.34. The van der Waals surface area contributed by atoms with Gasteiger partial charge in [-0.15, -0.1) is 0 Å². The minimum Gasteiger partial charge on any atom is -0.482 e. The van der Waals surface area contributed by atoms with Crippen LogP contribution < -0.4 is 10.5 Å². The second-order valence-electron chi connectivity index (χ2n) is 6.08. The zero-order valence-electron chi connectivity index (χ0n) is 14.7. The van der Waals surface area contributed by atoms with Crippen LogP contribution in [0.5, 0.6) is 5.75 Å². The topological polar surface area (TPSA) is 105 Å². The molecule has 1 aromatic carbocycles. The van der Waals surface area contributed by atoms with Gasteiger partial charge < -0.3 is 10.5 Å². The first-order valence-corrected chi connectivity index (χ1v) is 8.87. The standard InChI is InChI=1S/C17H15BrFN7O/c1-7-14-10(26(3)25-7)5-21-17(24-14)8(2)27-11-4-9(19)13(18)15-12(11)16(20)23-6-22-15/h4-6,8H,1-3H3,(H2,20,22,23). The average Bonchev–Trinajstić information content (AvgIpc) is 2.93. The molecule has 27 heavy (non-hydrogen) atoms. The number of halogens is 2. The molecule has 1 atom stereocenters. The van der Waals surface area contributed by atoms with E-state index in [4.69, 9.17) is 10.5 Å². The predicted molar refractivity (Wildman–Crippen MR) is 102 cm³/mol. The van der Waals surface area contributed by atoms with E-state index in [1.54, 1.807) is 17.8 Å². The third-order valence-electron chi connectivity index (χ3n) is 4.25. The Labute approximate surface area is 161 Å². The van der Waals surface area contributed by atoms with Gasteiger partial charge in [0.05, 0.1) is 27.3 Å². The van der Waals surface area contributed by atoms with Crippen LogP contribution >= 0.6 is 15.9 Å². The van der Waals surface area contributed by atoms with Crippen molar-refractivity contribution in [1.82, 2.24) is 29.7 Å². The van der Waals surface area contributed by atoms with Crippen LogP contribution in [0.4, 0.5) is 10.2 Å². The number of nitrogen functional groups attached to an aromatic ring is 1. The molecule has 4 aromatic rings. The van der Waals surface area contributed by atoms with Gasteiger partial charge in [0.1, 0.15) is 34.7 Å². The lowest BCUT2D eigenvalue weighted by Crippen LogP contribution is -2.09. The van der Waals surface area contributed by atoms with Crippen molar-refractivity contribution < 1.29 is 9.13 Å². The van der Waals surface area contributed by atoms with Gasteiger partial charge in [0.15, 0.2) is 11.9 Å². The second-order valence-corrected chi connectivity index (χ2v) is 6.88. The Morgan fingerprint density at radius 2 is 2.04 bits per heavy atom. The molecule has 0 bridgehead atoms. The van der Waals surface area contributed by atoms with Crippen LogP contribution in [0.15, 0.2) is 23.1 Å². The molecule has 0 spiro atoms. The summed E-state index contributed by atoms with van der Waals surface area (Å²) >= 11 is 3.19. The lowest BCUT2D eigenvalue weighted by Gasteiger charge is -2.16. The van der Waals surface area contributed by atoms with E-state index in [2.05, 4.69) is 41.0 Å². The Morgan fingerprint density at radius 3 is 2.81 bits per heavy atom. The highest BCUT2D eigenvalue weighted by molar-refractivity contribution is 9.10. The van der Waals surface area contributed by atoms with Gasteiger partial charge in [0.2, 0.25) is 0 Å². The summed E-state index contributed by atoms with van der Waals surface area (Å²) in [5, 5.41) is 4.76.